The van der Waals surface area contributed by atoms with Crippen LogP contribution in [0.1, 0.15) is 49.3 Å². The van der Waals surface area contributed by atoms with E-state index >= 15 is 0 Å². The third-order valence-electron chi connectivity index (χ3n) is 2.82. The van der Waals surface area contributed by atoms with Gasteiger partial charge in [-0.3, -0.25) is 4.68 Å². The van der Waals surface area contributed by atoms with Crippen molar-refractivity contribution < 1.29 is 14.3 Å². The number of nitrogens with zero attached hydrogens (tertiary/aromatic N) is 2. The average Bonchev–Trinajstić information content (AvgIpc) is 2.75. The lowest BCUT2D eigenvalue weighted by Crippen LogP contribution is -2.13. The minimum atomic E-state index is -0.429. The van der Waals surface area contributed by atoms with E-state index in [0.717, 1.165) is 12.8 Å². The van der Waals surface area contributed by atoms with Gasteiger partial charge in [-0.05, 0) is 20.3 Å². The number of ether oxygens (including phenoxy) is 2. The summed E-state index contributed by atoms with van der Waals surface area (Å²) in [5, 5.41) is 4.35. The van der Waals surface area contributed by atoms with E-state index < -0.39 is 5.97 Å². The number of aryl methyl sites for hydroxylation is 2. The van der Waals surface area contributed by atoms with Crippen LogP contribution in [-0.2, 0) is 11.3 Å². The fourth-order valence-electron chi connectivity index (χ4n) is 1.80. The van der Waals surface area contributed by atoms with Crippen molar-refractivity contribution >= 4 is 5.97 Å². The molecule has 0 aliphatic heterocycles. The van der Waals surface area contributed by atoms with Gasteiger partial charge in [-0.25, -0.2) is 4.79 Å². The summed E-state index contributed by atoms with van der Waals surface area (Å²) in [6.07, 6.45) is 2.61. The molecule has 0 aliphatic rings. The predicted octanol–water partition coefficient (Wildman–Crippen LogP) is 2.57. The van der Waals surface area contributed by atoms with Crippen LogP contribution in [0.15, 0.2) is 0 Å². The second-order valence-corrected chi connectivity index (χ2v) is 4.36. The van der Waals surface area contributed by atoms with Crippen LogP contribution >= 0.6 is 0 Å². The van der Waals surface area contributed by atoms with Crippen molar-refractivity contribution in [1.29, 1.82) is 0 Å². The molecule has 0 saturated carbocycles. The van der Waals surface area contributed by atoms with Crippen LogP contribution in [0.5, 0.6) is 5.75 Å². The first kappa shape index (κ1) is 16.1. The number of carbonyl (C=O) groups is 1. The number of rotatable bonds is 7. The molecule has 0 fully saturated rings. The highest BCUT2D eigenvalue weighted by molar-refractivity contribution is 5.91. The van der Waals surface area contributed by atoms with Crippen LogP contribution in [0.25, 0.3) is 0 Å². The van der Waals surface area contributed by atoms with Crippen molar-refractivity contribution in [3.05, 3.63) is 11.4 Å². The Balaban J connectivity index is 3.00. The van der Waals surface area contributed by atoms with Crippen LogP contribution in [0.3, 0.4) is 0 Å². The molecule has 5 nitrogen and oxygen atoms in total. The highest BCUT2D eigenvalue weighted by Gasteiger charge is 2.23. The lowest BCUT2D eigenvalue weighted by atomic mass is 10.3. The quantitative estimate of drug-likeness (QED) is 0.437. The number of hydrogen-bond acceptors (Lipinski definition) is 4. The monoisotopic (exact) mass is 278 g/mol. The van der Waals surface area contributed by atoms with Gasteiger partial charge in [0.2, 0.25) is 0 Å². The number of esters is 1. The van der Waals surface area contributed by atoms with Crippen LogP contribution in [0.2, 0.25) is 0 Å². The number of aromatic nitrogens is 2. The third-order valence-corrected chi connectivity index (χ3v) is 2.82. The molecule has 0 radical (unpaired) electrons. The lowest BCUT2D eigenvalue weighted by molar-refractivity contribution is 0.0581. The van der Waals surface area contributed by atoms with Crippen LogP contribution in [0.4, 0.5) is 0 Å². The molecule has 1 aromatic rings. The van der Waals surface area contributed by atoms with Crippen molar-refractivity contribution in [2.24, 2.45) is 0 Å². The molecule has 0 amide bonds. The molecule has 0 bridgehead atoms. The Morgan fingerprint density at radius 1 is 1.45 bits per heavy atom. The summed E-state index contributed by atoms with van der Waals surface area (Å²) in [6, 6.07) is 0. The average molecular weight is 278 g/mol. The second-order valence-electron chi connectivity index (χ2n) is 4.36. The van der Waals surface area contributed by atoms with Crippen LogP contribution < -0.4 is 4.74 Å². The van der Waals surface area contributed by atoms with E-state index in [2.05, 4.69) is 23.9 Å². The summed E-state index contributed by atoms with van der Waals surface area (Å²) in [5.74, 6) is 5.88. The molecule has 0 saturated heterocycles. The van der Waals surface area contributed by atoms with Crippen molar-refractivity contribution in [2.75, 3.05) is 13.7 Å². The number of carbonyl (C=O) groups excluding carboxylic acids is 1. The summed E-state index contributed by atoms with van der Waals surface area (Å²) in [7, 11) is 1.36. The van der Waals surface area contributed by atoms with E-state index in [9.17, 15) is 4.79 Å². The number of hydrogen-bond donors (Lipinski definition) is 0. The number of unbranched alkanes of at least 4 members (excludes halogenated alkanes) is 1. The Hall–Kier alpha value is -1.96. The number of methoxy groups -OCH3 is 1. The van der Waals surface area contributed by atoms with Crippen molar-refractivity contribution in [2.45, 2.75) is 46.6 Å². The molecule has 5 heteroatoms. The van der Waals surface area contributed by atoms with Gasteiger partial charge in [-0.2, -0.15) is 5.10 Å². The van der Waals surface area contributed by atoms with Gasteiger partial charge >= 0.3 is 5.97 Å². The van der Waals surface area contributed by atoms with Gasteiger partial charge < -0.3 is 9.47 Å². The Morgan fingerprint density at radius 2 is 2.20 bits per heavy atom. The Morgan fingerprint density at radius 3 is 2.80 bits per heavy atom. The SMILES string of the molecule is CC#CCCn1nc(C)c(OCCCC)c1C(=O)OC. The van der Waals surface area contributed by atoms with Gasteiger partial charge in [-0.15, -0.1) is 11.8 Å². The summed E-state index contributed by atoms with van der Waals surface area (Å²) >= 11 is 0. The van der Waals surface area contributed by atoms with E-state index in [1.165, 1.54) is 7.11 Å². The van der Waals surface area contributed by atoms with Gasteiger partial charge in [0.15, 0.2) is 11.4 Å². The van der Waals surface area contributed by atoms with Gasteiger partial charge in [0.25, 0.3) is 0 Å². The van der Waals surface area contributed by atoms with Gasteiger partial charge in [0.1, 0.15) is 5.69 Å². The maximum atomic E-state index is 11.9. The van der Waals surface area contributed by atoms with E-state index in [1.54, 1.807) is 11.6 Å². The van der Waals surface area contributed by atoms with Crippen LogP contribution in [-0.4, -0.2) is 29.5 Å². The van der Waals surface area contributed by atoms with E-state index in [0.29, 0.717) is 36.7 Å². The molecule has 1 aromatic heterocycles. The highest BCUT2D eigenvalue weighted by Crippen LogP contribution is 2.24. The first-order valence-electron chi connectivity index (χ1n) is 6.83. The summed E-state index contributed by atoms with van der Waals surface area (Å²) in [6.45, 7) is 6.82. The fraction of sp³-hybridized carbons (Fsp3) is 0.600. The Bertz CT molecular complexity index is 509. The van der Waals surface area contributed by atoms with Gasteiger partial charge in [0.05, 0.1) is 20.3 Å². The standard InChI is InChI=1S/C15H22N2O3/c1-5-7-9-10-17-13(15(18)19-4)14(12(3)16-17)20-11-8-6-2/h6,8-11H2,1-4H3. The van der Waals surface area contributed by atoms with Gasteiger partial charge in [-0.1, -0.05) is 13.3 Å². The Labute approximate surface area is 120 Å². The smallest absolute Gasteiger partial charge is 0.360 e. The summed E-state index contributed by atoms with van der Waals surface area (Å²) in [5.41, 5.74) is 1.07. The molecule has 0 aromatic carbocycles. The molecule has 110 valence electrons. The van der Waals surface area contributed by atoms with Crippen molar-refractivity contribution in [1.82, 2.24) is 9.78 Å². The Kier molecular flexibility index (Phi) is 6.65. The van der Waals surface area contributed by atoms with Crippen molar-refractivity contribution in [3.8, 4) is 17.6 Å². The van der Waals surface area contributed by atoms with E-state index in [-0.39, 0.29) is 0 Å². The molecule has 0 spiro atoms. The first-order chi connectivity index (χ1) is 9.65. The van der Waals surface area contributed by atoms with Crippen LogP contribution in [0, 0.1) is 18.8 Å². The minimum absolute atomic E-state index is 0.374. The third kappa shape index (κ3) is 4.02. The first-order valence-corrected chi connectivity index (χ1v) is 6.83. The highest BCUT2D eigenvalue weighted by atomic mass is 16.5. The van der Waals surface area contributed by atoms with Crippen molar-refractivity contribution in [3.63, 3.8) is 0 Å². The second kappa shape index (κ2) is 8.26. The molecule has 0 atom stereocenters. The van der Waals surface area contributed by atoms with E-state index in [1.807, 2.05) is 6.92 Å². The molecule has 0 N–H and O–H groups in total. The normalized spacial score (nSPS) is 9.80. The lowest BCUT2D eigenvalue weighted by Gasteiger charge is -2.08. The predicted molar refractivity (Wildman–Crippen MR) is 76.8 cm³/mol. The summed E-state index contributed by atoms with van der Waals surface area (Å²) < 4.78 is 12.1. The maximum Gasteiger partial charge on any atom is 0.360 e. The molecule has 20 heavy (non-hydrogen) atoms. The molecule has 0 aliphatic carbocycles. The van der Waals surface area contributed by atoms with Gasteiger partial charge in [0, 0.05) is 6.42 Å². The maximum absolute atomic E-state index is 11.9. The fourth-order valence-corrected chi connectivity index (χ4v) is 1.80. The topological polar surface area (TPSA) is 53.4 Å². The molecule has 0 unspecified atom stereocenters. The molecular weight excluding hydrogens is 256 g/mol. The molecule has 1 rings (SSSR count). The summed E-state index contributed by atoms with van der Waals surface area (Å²) in [4.78, 5) is 11.9. The molecular formula is C15H22N2O3. The zero-order valence-electron chi connectivity index (χ0n) is 12.7. The largest absolute Gasteiger partial charge is 0.489 e. The minimum Gasteiger partial charge on any atom is -0.489 e. The zero-order valence-corrected chi connectivity index (χ0v) is 12.7. The molecule has 1 heterocycles. The van der Waals surface area contributed by atoms with E-state index in [4.69, 9.17) is 9.47 Å². The zero-order chi connectivity index (χ0) is 15.0.